The van der Waals surface area contributed by atoms with Crippen LogP contribution in [0.25, 0.3) is 0 Å². The summed E-state index contributed by atoms with van der Waals surface area (Å²) in [5, 5.41) is 4.01. The van der Waals surface area contributed by atoms with Gasteiger partial charge in [0, 0.05) is 5.56 Å². The van der Waals surface area contributed by atoms with Gasteiger partial charge >= 0.3 is 0 Å². The second kappa shape index (κ2) is 6.65. The zero-order chi connectivity index (χ0) is 15.2. The number of carbonyl (C=O) groups is 1. The predicted octanol–water partition coefficient (Wildman–Crippen LogP) is 2.99. The number of hydrogen-bond acceptors (Lipinski definition) is 3. The molecule has 0 unspecified atom stereocenters. The number of amides is 1. The molecule has 2 aromatic rings. The van der Waals surface area contributed by atoms with Gasteiger partial charge in [0.2, 0.25) is 0 Å². The first-order chi connectivity index (χ1) is 10.1. The van der Waals surface area contributed by atoms with E-state index in [-0.39, 0.29) is 11.7 Å². The fourth-order valence-electron chi connectivity index (χ4n) is 1.72. The standard InChI is InChI=1S/C16H15FN2O2/c1-11(12-6-8-14(17)9-7-12)18-19-16(20)13-4-3-5-15(10-13)21-2/h3-10H,1-2H3,(H,19,20)/b18-11+. The van der Waals surface area contributed by atoms with Crippen molar-refractivity contribution >= 4 is 11.6 Å². The maximum atomic E-state index is 12.8. The summed E-state index contributed by atoms with van der Waals surface area (Å²) in [6.45, 7) is 1.74. The molecule has 0 heterocycles. The van der Waals surface area contributed by atoms with Crippen LogP contribution in [0.15, 0.2) is 53.6 Å². The van der Waals surface area contributed by atoms with Crippen molar-refractivity contribution in [3.63, 3.8) is 0 Å². The van der Waals surface area contributed by atoms with Crippen molar-refractivity contribution in [1.29, 1.82) is 0 Å². The quantitative estimate of drug-likeness (QED) is 0.694. The van der Waals surface area contributed by atoms with Gasteiger partial charge < -0.3 is 4.74 Å². The van der Waals surface area contributed by atoms with E-state index >= 15 is 0 Å². The fourth-order valence-corrected chi connectivity index (χ4v) is 1.72. The minimum absolute atomic E-state index is 0.313. The molecule has 1 amide bonds. The third kappa shape index (κ3) is 3.89. The Morgan fingerprint density at radius 2 is 1.86 bits per heavy atom. The van der Waals surface area contributed by atoms with Crippen LogP contribution >= 0.6 is 0 Å². The van der Waals surface area contributed by atoms with Gasteiger partial charge in [0.25, 0.3) is 5.91 Å². The van der Waals surface area contributed by atoms with Crippen LogP contribution < -0.4 is 10.2 Å². The molecular formula is C16H15FN2O2. The molecule has 0 fully saturated rings. The van der Waals surface area contributed by atoms with Crippen molar-refractivity contribution in [2.45, 2.75) is 6.92 Å². The van der Waals surface area contributed by atoms with Crippen molar-refractivity contribution in [3.8, 4) is 5.75 Å². The van der Waals surface area contributed by atoms with Crippen LogP contribution in [0.4, 0.5) is 4.39 Å². The van der Waals surface area contributed by atoms with Crippen LogP contribution in [0.5, 0.6) is 5.75 Å². The first-order valence-electron chi connectivity index (χ1n) is 6.35. The largest absolute Gasteiger partial charge is 0.497 e. The molecule has 0 atom stereocenters. The number of carbonyl (C=O) groups excluding carboxylic acids is 1. The highest BCUT2D eigenvalue weighted by Gasteiger charge is 2.06. The van der Waals surface area contributed by atoms with E-state index in [0.717, 1.165) is 5.56 Å². The molecule has 0 spiro atoms. The SMILES string of the molecule is COc1cccc(C(=O)N/N=C(\C)c2ccc(F)cc2)c1. The molecule has 0 aromatic heterocycles. The summed E-state index contributed by atoms with van der Waals surface area (Å²) in [7, 11) is 1.54. The molecule has 0 bridgehead atoms. The molecule has 108 valence electrons. The molecule has 0 radical (unpaired) electrons. The van der Waals surface area contributed by atoms with E-state index in [1.54, 1.807) is 43.3 Å². The number of halogens is 1. The molecule has 2 rings (SSSR count). The van der Waals surface area contributed by atoms with Crippen molar-refractivity contribution < 1.29 is 13.9 Å². The van der Waals surface area contributed by atoms with E-state index in [1.165, 1.54) is 19.2 Å². The lowest BCUT2D eigenvalue weighted by Gasteiger charge is -2.05. The summed E-state index contributed by atoms with van der Waals surface area (Å²) in [6, 6.07) is 12.7. The highest BCUT2D eigenvalue weighted by molar-refractivity contribution is 6.00. The Morgan fingerprint density at radius 3 is 2.52 bits per heavy atom. The lowest BCUT2D eigenvalue weighted by atomic mass is 10.1. The van der Waals surface area contributed by atoms with Gasteiger partial charge in [-0.1, -0.05) is 18.2 Å². The number of benzene rings is 2. The Labute approximate surface area is 122 Å². The molecule has 0 saturated carbocycles. The number of rotatable bonds is 4. The summed E-state index contributed by atoms with van der Waals surface area (Å²) in [6.07, 6.45) is 0. The maximum absolute atomic E-state index is 12.8. The topological polar surface area (TPSA) is 50.7 Å². The van der Waals surface area contributed by atoms with Gasteiger partial charge in [-0.3, -0.25) is 4.79 Å². The maximum Gasteiger partial charge on any atom is 0.271 e. The Kier molecular flexibility index (Phi) is 4.66. The van der Waals surface area contributed by atoms with Crippen molar-refractivity contribution in [3.05, 3.63) is 65.5 Å². The van der Waals surface area contributed by atoms with Gasteiger partial charge in [-0.05, 0) is 42.8 Å². The Hall–Kier alpha value is -2.69. The molecule has 4 nitrogen and oxygen atoms in total. The van der Waals surface area contributed by atoms with Crippen LogP contribution in [-0.2, 0) is 0 Å². The second-order valence-corrected chi connectivity index (χ2v) is 4.38. The molecule has 0 aliphatic heterocycles. The van der Waals surface area contributed by atoms with Gasteiger partial charge in [-0.15, -0.1) is 0 Å². The summed E-state index contributed by atoms with van der Waals surface area (Å²) >= 11 is 0. The monoisotopic (exact) mass is 286 g/mol. The number of ether oxygens (including phenoxy) is 1. The molecule has 0 aliphatic rings. The van der Waals surface area contributed by atoms with Crippen molar-refractivity contribution in [2.75, 3.05) is 7.11 Å². The minimum atomic E-state index is -0.338. The van der Waals surface area contributed by atoms with Crippen molar-refractivity contribution in [2.24, 2.45) is 5.10 Å². The first-order valence-corrected chi connectivity index (χ1v) is 6.35. The molecule has 1 N–H and O–H groups in total. The first kappa shape index (κ1) is 14.7. The van der Waals surface area contributed by atoms with E-state index in [2.05, 4.69) is 10.5 Å². The van der Waals surface area contributed by atoms with Crippen LogP contribution in [0.3, 0.4) is 0 Å². The smallest absolute Gasteiger partial charge is 0.271 e. The lowest BCUT2D eigenvalue weighted by Crippen LogP contribution is -2.19. The second-order valence-electron chi connectivity index (χ2n) is 4.38. The molecule has 0 aliphatic carbocycles. The number of hydrazone groups is 1. The van der Waals surface area contributed by atoms with E-state index in [0.29, 0.717) is 17.0 Å². The molecular weight excluding hydrogens is 271 g/mol. The van der Waals surface area contributed by atoms with Gasteiger partial charge in [-0.2, -0.15) is 5.10 Å². The average molecular weight is 286 g/mol. The highest BCUT2D eigenvalue weighted by atomic mass is 19.1. The van der Waals surface area contributed by atoms with Gasteiger partial charge in [0.05, 0.1) is 12.8 Å². The van der Waals surface area contributed by atoms with Crippen LogP contribution in [0.2, 0.25) is 0 Å². The Bertz CT molecular complexity index is 666. The zero-order valence-corrected chi connectivity index (χ0v) is 11.8. The van der Waals surface area contributed by atoms with E-state index < -0.39 is 0 Å². The Morgan fingerprint density at radius 1 is 1.14 bits per heavy atom. The average Bonchev–Trinajstić information content (AvgIpc) is 2.53. The lowest BCUT2D eigenvalue weighted by molar-refractivity contribution is 0.0954. The highest BCUT2D eigenvalue weighted by Crippen LogP contribution is 2.12. The van der Waals surface area contributed by atoms with E-state index in [4.69, 9.17) is 4.74 Å². The van der Waals surface area contributed by atoms with Crippen molar-refractivity contribution in [1.82, 2.24) is 5.43 Å². The fraction of sp³-hybridized carbons (Fsp3) is 0.125. The minimum Gasteiger partial charge on any atom is -0.497 e. The summed E-state index contributed by atoms with van der Waals surface area (Å²) in [5.74, 6) is -0.0517. The number of methoxy groups -OCH3 is 1. The van der Waals surface area contributed by atoms with Gasteiger partial charge in [0.1, 0.15) is 11.6 Å². The van der Waals surface area contributed by atoms with Gasteiger partial charge in [-0.25, -0.2) is 9.82 Å². The van der Waals surface area contributed by atoms with Crippen LogP contribution in [0.1, 0.15) is 22.8 Å². The predicted molar refractivity (Wildman–Crippen MR) is 79.1 cm³/mol. The molecule has 5 heteroatoms. The number of nitrogens with one attached hydrogen (secondary N) is 1. The molecule has 0 saturated heterocycles. The zero-order valence-electron chi connectivity index (χ0n) is 11.8. The summed E-state index contributed by atoms with van der Waals surface area (Å²) in [4.78, 5) is 12.0. The molecule has 21 heavy (non-hydrogen) atoms. The third-order valence-electron chi connectivity index (χ3n) is 2.92. The van der Waals surface area contributed by atoms with E-state index in [9.17, 15) is 9.18 Å². The summed E-state index contributed by atoms with van der Waals surface area (Å²) in [5.41, 5.74) is 4.24. The van der Waals surface area contributed by atoms with Crippen LogP contribution in [0, 0.1) is 5.82 Å². The molecule has 2 aromatic carbocycles. The number of nitrogens with zero attached hydrogens (tertiary/aromatic N) is 1. The summed E-state index contributed by atoms with van der Waals surface area (Å²) < 4.78 is 17.9. The normalized spacial score (nSPS) is 11.1. The van der Waals surface area contributed by atoms with E-state index in [1.807, 2.05) is 0 Å². The third-order valence-corrected chi connectivity index (χ3v) is 2.92. The Balaban J connectivity index is 2.08. The van der Waals surface area contributed by atoms with Gasteiger partial charge in [0.15, 0.2) is 0 Å². The number of hydrogen-bond donors (Lipinski definition) is 1. The van der Waals surface area contributed by atoms with Crippen LogP contribution in [-0.4, -0.2) is 18.7 Å².